The van der Waals surface area contributed by atoms with Gasteiger partial charge in [0.15, 0.2) is 5.78 Å². The molecule has 6 heteroatoms. The van der Waals surface area contributed by atoms with Gasteiger partial charge in [0.05, 0.1) is 11.3 Å². The van der Waals surface area contributed by atoms with Gasteiger partial charge in [-0.15, -0.1) is 41.0 Å². The third-order valence-corrected chi connectivity index (χ3v) is 10.3. The fourth-order valence-corrected chi connectivity index (χ4v) is 8.40. The third kappa shape index (κ3) is 9.87. The number of aliphatic hydroxyl groups excluding tert-OH is 1. The number of fused-ring (bicyclic) bond motifs is 4. The molecule has 49 heavy (non-hydrogen) atoms. The Bertz CT molecular complexity index is 1900. The van der Waals surface area contributed by atoms with Crippen LogP contribution in [0.25, 0.3) is 42.3 Å². The van der Waals surface area contributed by atoms with Crippen LogP contribution in [0, 0.1) is 53.9 Å². The summed E-state index contributed by atoms with van der Waals surface area (Å²) in [5, 5.41) is 13.8. The van der Waals surface area contributed by atoms with Crippen LogP contribution in [0.15, 0.2) is 66.7 Å². The average Bonchev–Trinajstić information content (AvgIpc) is 3.33. The van der Waals surface area contributed by atoms with Crippen molar-refractivity contribution in [1.29, 1.82) is 0 Å². The number of carbonyl (C=O) groups excluding carboxylic acids is 1. The Labute approximate surface area is 312 Å². The van der Waals surface area contributed by atoms with Crippen LogP contribution in [0.4, 0.5) is 0 Å². The molecule has 0 fully saturated rings. The van der Waals surface area contributed by atoms with Gasteiger partial charge in [-0.2, -0.15) is 0 Å². The van der Waals surface area contributed by atoms with Gasteiger partial charge in [-0.3, -0.25) is 9.78 Å². The summed E-state index contributed by atoms with van der Waals surface area (Å²) in [6.45, 7) is 25.7. The first-order valence-electron chi connectivity index (χ1n) is 17.5. The molecule has 1 N–H and O–H groups in total. The summed E-state index contributed by atoms with van der Waals surface area (Å²) in [6, 6.07) is 20.8. The summed E-state index contributed by atoms with van der Waals surface area (Å²) < 4.78 is 2.42. The second-order valence-electron chi connectivity index (χ2n) is 16.0. The Balaban J connectivity index is 0.000000287. The molecule has 0 aliphatic rings. The second-order valence-corrected chi connectivity index (χ2v) is 17.0. The first kappa shape index (κ1) is 40.5. The Morgan fingerprint density at radius 1 is 0.878 bits per heavy atom. The minimum atomic E-state index is -0.0119. The van der Waals surface area contributed by atoms with Crippen LogP contribution in [0.3, 0.4) is 0 Å². The summed E-state index contributed by atoms with van der Waals surface area (Å²) in [5.74, 6) is 1.63. The molecule has 0 aliphatic heterocycles. The number of thiophene rings is 1. The molecule has 5 rings (SSSR count). The fraction of sp³-hybridized carbons (Fsp3) is 0.465. The van der Waals surface area contributed by atoms with Gasteiger partial charge in [0.25, 0.3) is 0 Å². The summed E-state index contributed by atoms with van der Waals surface area (Å²) in [6.07, 6.45) is 4.24. The number of rotatable bonds is 9. The van der Waals surface area contributed by atoms with Crippen molar-refractivity contribution >= 4 is 48.2 Å². The van der Waals surface area contributed by atoms with E-state index >= 15 is 0 Å². The van der Waals surface area contributed by atoms with E-state index in [-0.39, 0.29) is 48.9 Å². The molecule has 3 aromatic carbocycles. The number of aliphatic hydroxyl groups is 1. The van der Waals surface area contributed by atoms with Crippen molar-refractivity contribution in [3.05, 3.63) is 83.9 Å². The number of benzene rings is 3. The topological polar surface area (TPSA) is 63.1 Å². The molecule has 5 aromatic rings. The van der Waals surface area contributed by atoms with E-state index in [0.29, 0.717) is 23.7 Å². The normalized spacial score (nSPS) is 12.6. The van der Waals surface area contributed by atoms with Crippen molar-refractivity contribution in [2.24, 2.45) is 40.9 Å². The van der Waals surface area contributed by atoms with Crippen molar-refractivity contribution in [2.45, 2.75) is 89.5 Å². The standard InChI is InChI=1S/C26H23N2S.C17H32O2.Ir/c1-16-11-21-22(13-20(16)14-26(2,3)4)29-25-23(27-15-28-24(21)25)19-10-9-17-7-5-6-8-18(17)12-19;1-10(2)16(11(3)4)14(18)9-15(19)17(12(5)6)13(7)8;/h5-11,13,15H,14H2,1-4H3;9-13,16-18H,1-8H3;/q-1;;/b;14-9-;. The minimum Gasteiger partial charge on any atom is -0.512 e. The maximum Gasteiger partial charge on any atom is 0.162 e. The Kier molecular flexibility index (Phi) is 13.9. The second kappa shape index (κ2) is 16.9. The van der Waals surface area contributed by atoms with E-state index in [4.69, 9.17) is 0 Å². The van der Waals surface area contributed by atoms with E-state index in [1.165, 1.54) is 32.7 Å². The molecule has 0 unspecified atom stereocenters. The Morgan fingerprint density at radius 3 is 2.08 bits per heavy atom. The maximum absolute atomic E-state index is 12.3. The smallest absolute Gasteiger partial charge is 0.162 e. The van der Waals surface area contributed by atoms with Gasteiger partial charge in [0.2, 0.25) is 0 Å². The van der Waals surface area contributed by atoms with Crippen LogP contribution in [0.1, 0.15) is 87.3 Å². The van der Waals surface area contributed by atoms with Gasteiger partial charge in [0.1, 0.15) is 6.33 Å². The van der Waals surface area contributed by atoms with Gasteiger partial charge < -0.3 is 5.11 Å². The van der Waals surface area contributed by atoms with Crippen LogP contribution in [0.2, 0.25) is 0 Å². The SMILES string of the molecule is CC(C)C(C(=O)/C=C(\O)C(C(C)C)C(C)C)C(C)C.Cc1cc2c(cc1CC(C)(C)C)sc1c(-c3[c-]c4ccccc4cc3)ncnc12.[Ir]. The molecule has 2 heterocycles. The molecule has 0 spiro atoms. The number of carbonyl (C=O) groups is 1. The predicted octanol–water partition coefficient (Wildman–Crippen LogP) is 12.2. The molecule has 0 atom stereocenters. The summed E-state index contributed by atoms with van der Waals surface area (Å²) in [5.41, 5.74) is 6.06. The molecule has 0 amide bonds. The van der Waals surface area contributed by atoms with Gasteiger partial charge in [-0.05, 0) is 65.7 Å². The van der Waals surface area contributed by atoms with E-state index in [1.807, 2.05) is 0 Å². The van der Waals surface area contributed by atoms with Crippen molar-refractivity contribution in [2.75, 3.05) is 0 Å². The zero-order valence-electron chi connectivity index (χ0n) is 31.4. The van der Waals surface area contributed by atoms with E-state index in [1.54, 1.807) is 17.7 Å². The molecule has 0 saturated heterocycles. The number of ketones is 1. The van der Waals surface area contributed by atoms with Crippen LogP contribution >= 0.6 is 11.3 Å². The largest absolute Gasteiger partial charge is 0.512 e. The zero-order valence-corrected chi connectivity index (χ0v) is 34.6. The monoisotopic (exact) mass is 856 g/mol. The van der Waals surface area contributed by atoms with Gasteiger partial charge in [0, 0.05) is 58.5 Å². The quantitative estimate of drug-likeness (QED) is 0.0911. The predicted molar refractivity (Wildman–Crippen MR) is 207 cm³/mol. The number of hydrogen-bond donors (Lipinski definition) is 1. The summed E-state index contributed by atoms with van der Waals surface area (Å²) >= 11 is 1.79. The summed E-state index contributed by atoms with van der Waals surface area (Å²) in [7, 11) is 0. The first-order chi connectivity index (χ1) is 22.5. The van der Waals surface area contributed by atoms with Crippen LogP contribution < -0.4 is 0 Å². The molecule has 0 saturated carbocycles. The number of allylic oxidation sites excluding steroid dienone is 2. The number of aryl methyl sites for hydroxylation is 1. The molecular formula is C43H55IrN2O2S-. The van der Waals surface area contributed by atoms with Crippen LogP contribution in [0.5, 0.6) is 0 Å². The third-order valence-electron chi connectivity index (χ3n) is 9.18. The summed E-state index contributed by atoms with van der Waals surface area (Å²) in [4.78, 5) is 21.6. The van der Waals surface area contributed by atoms with Crippen molar-refractivity contribution in [1.82, 2.24) is 9.97 Å². The van der Waals surface area contributed by atoms with E-state index in [2.05, 4.69) is 148 Å². The first-order valence-corrected chi connectivity index (χ1v) is 18.3. The van der Waals surface area contributed by atoms with Crippen LogP contribution in [-0.2, 0) is 31.3 Å². The Hall–Kier alpha value is -2.92. The fourth-order valence-electron chi connectivity index (χ4n) is 7.20. The minimum absolute atomic E-state index is 0. The maximum atomic E-state index is 12.3. The van der Waals surface area contributed by atoms with Crippen molar-refractivity contribution < 1.29 is 30.0 Å². The van der Waals surface area contributed by atoms with Crippen molar-refractivity contribution in [3.8, 4) is 11.3 Å². The molecule has 4 nitrogen and oxygen atoms in total. The number of nitrogens with zero attached hydrogens (tertiary/aromatic N) is 2. The number of hydrogen-bond acceptors (Lipinski definition) is 5. The van der Waals surface area contributed by atoms with Crippen LogP contribution in [-0.4, -0.2) is 20.9 Å². The van der Waals surface area contributed by atoms with E-state index in [9.17, 15) is 9.90 Å². The molecule has 1 radical (unpaired) electrons. The molecule has 2 aromatic heterocycles. The molecule has 0 aliphatic carbocycles. The zero-order chi connectivity index (χ0) is 35.5. The van der Waals surface area contributed by atoms with Gasteiger partial charge in [-0.25, -0.2) is 4.98 Å². The molecule has 265 valence electrons. The molecular weight excluding hydrogens is 801 g/mol. The molecule has 0 bridgehead atoms. The van der Waals surface area contributed by atoms with Crippen molar-refractivity contribution in [3.63, 3.8) is 0 Å². The number of aromatic nitrogens is 2. The van der Waals surface area contributed by atoms with Gasteiger partial charge >= 0.3 is 0 Å². The van der Waals surface area contributed by atoms with E-state index < -0.39 is 0 Å². The average molecular weight is 856 g/mol. The Morgan fingerprint density at radius 2 is 1.49 bits per heavy atom. The van der Waals surface area contributed by atoms with Gasteiger partial charge in [-0.1, -0.05) is 105 Å². The van der Waals surface area contributed by atoms with E-state index in [0.717, 1.165) is 33.3 Å².